The molecule has 0 rings (SSSR count). The van der Waals surface area contributed by atoms with Crippen LogP contribution in [0.1, 0.15) is 139 Å². The molecule has 0 atom stereocenters. The van der Waals surface area contributed by atoms with E-state index in [4.69, 9.17) is 2.74 Å². The summed E-state index contributed by atoms with van der Waals surface area (Å²) in [5.41, 5.74) is 0. The lowest BCUT2D eigenvalue weighted by atomic mass is 10.3. The van der Waals surface area contributed by atoms with Gasteiger partial charge in [0.05, 0.1) is 14.4 Å². The minimum Gasteiger partial charge on any atom is -0.255 e. The van der Waals surface area contributed by atoms with Gasteiger partial charge in [0.2, 0.25) is 0 Å². The molecular formula is C22H62F2. The largest absolute Gasteiger partial charge is 0.255 e. The second kappa shape index (κ2) is 318. The zero-order chi connectivity index (χ0) is 24.2. The van der Waals surface area contributed by atoms with E-state index in [1.807, 2.05) is 55.4 Å². The zero-order valence-corrected chi connectivity index (χ0v) is 21.0. The quantitative estimate of drug-likeness (QED) is 0.464. The van der Waals surface area contributed by atoms with Crippen molar-refractivity contribution in [3.63, 3.8) is 0 Å². The number of alkyl halides is 2. The van der Waals surface area contributed by atoms with E-state index < -0.39 is 0 Å². The summed E-state index contributed by atoms with van der Waals surface area (Å²) in [5, 5.41) is 0. The minimum atomic E-state index is 0.500. The van der Waals surface area contributed by atoms with Gasteiger partial charge in [-0.1, -0.05) is 136 Å². The molecule has 0 saturated heterocycles. The van der Waals surface area contributed by atoms with E-state index in [1.165, 1.54) is 53.3 Å². The Morgan fingerprint density at radius 1 is 0.458 bits per heavy atom. The first-order valence-electron chi connectivity index (χ1n) is 11.6. The third-order valence-electron chi connectivity index (χ3n) is 1.41. The van der Waals surface area contributed by atoms with Crippen LogP contribution in [0.4, 0.5) is 8.78 Å². The predicted molar refractivity (Wildman–Crippen MR) is 123 cm³/mol. The average Bonchev–Trinajstić information content (AvgIpc) is 2.81. The Kier molecular flexibility index (Phi) is 657. The van der Waals surface area contributed by atoms with Crippen molar-refractivity contribution < 1.29 is 11.5 Å². The molecule has 0 nitrogen and oxygen atoms in total. The molecule has 24 heavy (non-hydrogen) atoms. The molecule has 0 aromatic heterocycles. The summed E-state index contributed by atoms with van der Waals surface area (Å²) >= 11 is 0. The molecule has 0 spiro atoms. The fraction of sp³-hybridized carbons (Fsp3) is 1.00. The Labute approximate surface area is 163 Å². The normalized spacial score (nSPS) is 5.58. The van der Waals surface area contributed by atoms with Gasteiger partial charge in [0.15, 0.2) is 0 Å². The first-order chi connectivity index (χ1) is 12.8. The molecule has 2 heteroatoms. The number of unbranched alkanes of at least 4 members (excludes halogenated alkanes) is 4. The highest BCUT2D eigenvalue weighted by Crippen LogP contribution is 1.88. The van der Waals surface area contributed by atoms with Crippen LogP contribution in [0.2, 0.25) is 0 Å². The van der Waals surface area contributed by atoms with E-state index in [1.54, 1.807) is 0 Å². The molecule has 0 amide bonds. The van der Waals surface area contributed by atoms with E-state index in [9.17, 15) is 8.78 Å². The fourth-order valence-corrected chi connectivity index (χ4v) is 0.707. The van der Waals surface area contributed by atoms with Crippen molar-refractivity contribution in [2.24, 2.45) is 0 Å². The summed E-state index contributed by atoms with van der Waals surface area (Å²) in [4.78, 5) is 0. The van der Waals surface area contributed by atoms with Crippen LogP contribution in [0.5, 0.6) is 0 Å². The molecule has 0 bridgehead atoms. The first kappa shape index (κ1) is 49.6. The van der Waals surface area contributed by atoms with Crippen molar-refractivity contribution in [1.82, 2.24) is 0 Å². The van der Waals surface area contributed by atoms with Gasteiger partial charge in [-0.15, -0.1) is 0 Å². The maximum absolute atomic E-state index is 9.50. The fourth-order valence-electron chi connectivity index (χ4n) is 0.707. The van der Waals surface area contributed by atoms with Crippen LogP contribution in [-0.4, -0.2) is 14.4 Å². The molecule has 0 aliphatic rings. The lowest BCUT2D eigenvalue weighted by Gasteiger charge is -1.79. The van der Waals surface area contributed by atoms with Crippen molar-refractivity contribution >= 4 is 0 Å². The van der Waals surface area contributed by atoms with Crippen LogP contribution >= 0.6 is 0 Å². The summed E-state index contributed by atoms with van der Waals surface area (Å²) in [6.45, 7) is 24.8. The van der Waals surface area contributed by atoms with Crippen LogP contribution in [0.15, 0.2) is 0 Å². The third-order valence-corrected chi connectivity index (χ3v) is 1.41. The van der Waals surface area contributed by atoms with Gasteiger partial charge in [-0.05, 0) is 0 Å². The molecule has 0 fully saturated rings. The van der Waals surface area contributed by atoms with Gasteiger partial charge in [-0.3, -0.25) is 8.78 Å². The van der Waals surface area contributed by atoms with E-state index in [0.29, 0.717) is 14.4 Å². The maximum atomic E-state index is 9.50. The van der Waals surface area contributed by atoms with Gasteiger partial charge in [0.1, 0.15) is 0 Å². The summed E-state index contributed by atoms with van der Waals surface area (Å²) in [6, 6.07) is 0. The SMILES string of the molecule is CC.CC.CC.CC.CCCCC.CCCCC.CF.CF.[2H]C.[2H]C. The van der Waals surface area contributed by atoms with Crippen molar-refractivity contribution in [2.75, 3.05) is 14.4 Å². The van der Waals surface area contributed by atoms with Crippen LogP contribution in [0, 0.1) is 0 Å². The minimum absolute atomic E-state index is 0.500. The van der Waals surface area contributed by atoms with Crippen LogP contribution in [-0.2, 0) is 0 Å². The predicted octanol–water partition coefficient (Wildman–Crippen LogP) is 10.9. The Hall–Kier alpha value is -0.140. The molecule has 0 aromatic carbocycles. The number of hydrogen-bond acceptors (Lipinski definition) is 0. The van der Waals surface area contributed by atoms with Crippen LogP contribution in [0.3, 0.4) is 0 Å². The number of hydrogen-bond donors (Lipinski definition) is 0. The molecular weight excluding hydrogens is 302 g/mol. The Morgan fingerprint density at radius 3 is 0.542 bits per heavy atom. The number of rotatable bonds is 4. The second-order valence-corrected chi connectivity index (χ2v) is 2.71. The van der Waals surface area contributed by atoms with Gasteiger partial charge in [0.25, 0.3) is 0 Å². The highest BCUT2D eigenvalue weighted by atomic mass is 19.1. The Bertz CT molecular complexity index is 41.1. The molecule has 0 unspecified atom stereocenters. The average molecular weight is 367 g/mol. The molecule has 0 aliphatic heterocycles. The molecule has 0 N–H and O–H groups in total. The second-order valence-electron chi connectivity index (χ2n) is 2.71. The molecule has 0 heterocycles. The van der Waals surface area contributed by atoms with Gasteiger partial charge in [0, 0.05) is 2.74 Å². The summed E-state index contributed by atoms with van der Waals surface area (Å²) in [6.07, 6.45) is 8.15. The lowest BCUT2D eigenvalue weighted by molar-refractivity contribution is 0.635. The molecule has 0 saturated carbocycles. The summed E-state index contributed by atoms with van der Waals surface area (Å²) in [5.74, 6) is 0. The lowest BCUT2D eigenvalue weighted by Crippen LogP contribution is -1.59. The van der Waals surface area contributed by atoms with Gasteiger partial charge in [-0.2, -0.15) is 0 Å². The van der Waals surface area contributed by atoms with E-state index >= 15 is 0 Å². The third kappa shape index (κ3) is 638. The van der Waals surface area contributed by atoms with E-state index in [2.05, 4.69) is 27.7 Å². The molecule has 0 aromatic rings. The van der Waals surface area contributed by atoms with Crippen LogP contribution in [0.25, 0.3) is 0 Å². The van der Waals surface area contributed by atoms with Crippen molar-refractivity contribution in [1.29, 1.82) is 0 Å². The summed E-state index contributed by atoms with van der Waals surface area (Å²) < 4.78 is 30.5. The van der Waals surface area contributed by atoms with Gasteiger partial charge < -0.3 is 0 Å². The van der Waals surface area contributed by atoms with E-state index in [0.717, 1.165) is 0 Å². The van der Waals surface area contributed by atoms with Gasteiger partial charge >= 0.3 is 0 Å². The van der Waals surface area contributed by atoms with Crippen molar-refractivity contribution in [2.45, 2.75) is 136 Å². The highest BCUT2D eigenvalue weighted by molar-refractivity contribution is 4.24. The standard InChI is InChI=1S/2C5H12.4C2H6.2CH3F.2CH4/c2*1-3-5-4-2;6*1-2;;/h2*3-5H2,1-2H3;4*1-2H3;2*1H3;2*1H4/i;;;;;;;;2*1D. The van der Waals surface area contributed by atoms with Crippen molar-refractivity contribution in [3.05, 3.63) is 0 Å². The Morgan fingerprint density at radius 2 is 0.542 bits per heavy atom. The summed E-state index contributed by atoms with van der Waals surface area (Å²) in [7, 11) is 3.50. The zero-order valence-electron chi connectivity index (χ0n) is 23.0. The highest BCUT2D eigenvalue weighted by Gasteiger charge is 1.68. The Balaban J connectivity index is -0.0000000143. The van der Waals surface area contributed by atoms with Crippen molar-refractivity contribution in [3.8, 4) is 0 Å². The first-order valence-corrected chi connectivity index (χ1v) is 9.58. The maximum Gasteiger partial charge on any atom is 0.0785 e. The van der Waals surface area contributed by atoms with E-state index in [-0.39, 0.29) is 0 Å². The molecule has 164 valence electrons. The van der Waals surface area contributed by atoms with Gasteiger partial charge in [-0.25, -0.2) is 0 Å². The molecule has 0 radical (unpaired) electrons. The number of halogens is 2. The monoisotopic (exact) mass is 366 g/mol. The smallest absolute Gasteiger partial charge is 0.0785 e. The molecule has 0 aliphatic carbocycles. The topological polar surface area (TPSA) is 0 Å². The van der Waals surface area contributed by atoms with Crippen LogP contribution < -0.4 is 0 Å².